The fraction of sp³-hybridized carbons (Fsp3) is 0.0833. The number of nitrogens with zero attached hydrogens (tertiary/aromatic N) is 2. The van der Waals surface area contributed by atoms with Crippen LogP contribution in [0.3, 0.4) is 0 Å². The van der Waals surface area contributed by atoms with Gasteiger partial charge >= 0.3 is 0 Å². The van der Waals surface area contributed by atoms with Crippen LogP contribution in [0.2, 0.25) is 0 Å². The van der Waals surface area contributed by atoms with E-state index in [1.54, 1.807) is 19.2 Å². The lowest BCUT2D eigenvalue weighted by Crippen LogP contribution is -2.20. The van der Waals surface area contributed by atoms with E-state index in [-0.39, 0.29) is 10.5 Å². The van der Waals surface area contributed by atoms with Crippen LogP contribution in [0.1, 0.15) is 0 Å². The third-order valence-electron chi connectivity index (χ3n) is 4.95. The summed E-state index contributed by atoms with van der Waals surface area (Å²) < 4.78 is 33.8. The Morgan fingerprint density at radius 3 is 2.22 bits per heavy atom. The van der Waals surface area contributed by atoms with Crippen molar-refractivity contribution in [3.63, 3.8) is 0 Å². The van der Waals surface area contributed by atoms with Crippen molar-refractivity contribution in [2.24, 2.45) is 7.05 Å². The Morgan fingerprint density at radius 1 is 0.875 bits per heavy atom. The molecule has 0 aliphatic rings. The fourth-order valence-corrected chi connectivity index (χ4v) is 3.99. The van der Waals surface area contributed by atoms with Crippen LogP contribution in [0.5, 0.6) is 11.5 Å². The van der Waals surface area contributed by atoms with Crippen molar-refractivity contribution in [1.82, 2.24) is 14.5 Å². The predicted octanol–water partition coefficient (Wildman–Crippen LogP) is 3.81. The summed E-state index contributed by atoms with van der Waals surface area (Å²) in [5.74, 6) is 1.26. The number of benzene rings is 3. The smallest absolute Gasteiger partial charge is 0.267 e. The Morgan fingerprint density at radius 2 is 1.53 bits per heavy atom. The number of ether oxygens (including phenoxy) is 1. The second kappa shape index (κ2) is 8.78. The fourth-order valence-electron chi connectivity index (χ4n) is 3.26. The van der Waals surface area contributed by atoms with Crippen LogP contribution in [-0.4, -0.2) is 25.2 Å². The molecule has 4 rings (SSSR count). The molecule has 1 heterocycles. The van der Waals surface area contributed by atoms with Gasteiger partial charge in [0.25, 0.3) is 5.56 Å². The number of nitrogens with one attached hydrogen (secondary N) is 1. The van der Waals surface area contributed by atoms with E-state index in [1.165, 1.54) is 29.9 Å². The van der Waals surface area contributed by atoms with Crippen LogP contribution < -0.4 is 15.0 Å². The third-order valence-corrected chi connectivity index (χ3v) is 6.38. The number of para-hydroxylation sites is 2. The van der Waals surface area contributed by atoms with Gasteiger partial charge in [-0.2, -0.15) is 5.10 Å². The molecule has 3 aromatic carbocycles. The quantitative estimate of drug-likeness (QED) is 0.485. The molecule has 0 fully saturated rings. The van der Waals surface area contributed by atoms with E-state index in [1.807, 2.05) is 54.6 Å². The number of sulfonamides is 1. The third kappa shape index (κ3) is 4.32. The van der Waals surface area contributed by atoms with Gasteiger partial charge in [-0.1, -0.05) is 42.5 Å². The van der Waals surface area contributed by atoms with E-state index in [0.717, 1.165) is 0 Å². The van der Waals surface area contributed by atoms with Crippen LogP contribution >= 0.6 is 0 Å². The molecule has 0 saturated heterocycles. The molecular formula is C24H21N3O4S. The number of rotatable bonds is 6. The van der Waals surface area contributed by atoms with Gasteiger partial charge in [0.05, 0.1) is 4.90 Å². The normalized spacial score (nSPS) is 11.3. The average Bonchev–Trinajstić information content (AvgIpc) is 2.82. The molecule has 0 aliphatic carbocycles. The summed E-state index contributed by atoms with van der Waals surface area (Å²) in [6, 6.07) is 24.6. The van der Waals surface area contributed by atoms with Gasteiger partial charge in [0.2, 0.25) is 10.0 Å². The van der Waals surface area contributed by atoms with Crippen molar-refractivity contribution < 1.29 is 13.2 Å². The zero-order valence-electron chi connectivity index (χ0n) is 17.5. The van der Waals surface area contributed by atoms with Crippen molar-refractivity contribution in [3.8, 4) is 33.9 Å². The lowest BCUT2D eigenvalue weighted by Gasteiger charge is -2.15. The number of hydrogen-bond donors (Lipinski definition) is 1. The van der Waals surface area contributed by atoms with Gasteiger partial charge in [-0.3, -0.25) is 4.79 Å². The van der Waals surface area contributed by atoms with Gasteiger partial charge in [-0.15, -0.1) is 0 Å². The Labute approximate surface area is 186 Å². The molecule has 0 radical (unpaired) electrons. The van der Waals surface area contributed by atoms with Crippen LogP contribution in [0.25, 0.3) is 22.4 Å². The highest BCUT2D eigenvalue weighted by Crippen LogP contribution is 2.37. The molecule has 8 heteroatoms. The first-order valence-corrected chi connectivity index (χ1v) is 11.3. The summed E-state index contributed by atoms with van der Waals surface area (Å²) in [6.45, 7) is 0. The van der Waals surface area contributed by atoms with E-state index in [2.05, 4.69) is 9.82 Å². The SMILES string of the molecule is CNS(=O)(=O)c1ccc(-c2cc(=O)n(C)nc2-c2ccccc2Oc2ccccc2)cc1. The molecule has 162 valence electrons. The summed E-state index contributed by atoms with van der Waals surface area (Å²) >= 11 is 0. The Hall–Kier alpha value is -3.75. The molecule has 0 bridgehead atoms. The van der Waals surface area contributed by atoms with E-state index < -0.39 is 10.0 Å². The highest BCUT2D eigenvalue weighted by Gasteiger charge is 2.17. The average molecular weight is 448 g/mol. The maximum atomic E-state index is 12.4. The minimum atomic E-state index is -3.57. The molecular weight excluding hydrogens is 426 g/mol. The maximum Gasteiger partial charge on any atom is 0.267 e. The van der Waals surface area contributed by atoms with Crippen molar-refractivity contribution in [1.29, 1.82) is 0 Å². The van der Waals surface area contributed by atoms with Crippen LogP contribution in [0, 0.1) is 0 Å². The van der Waals surface area contributed by atoms with Crippen molar-refractivity contribution >= 4 is 10.0 Å². The monoisotopic (exact) mass is 447 g/mol. The Kier molecular flexibility index (Phi) is 5.89. The second-order valence-corrected chi connectivity index (χ2v) is 8.90. The summed E-state index contributed by atoms with van der Waals surface area (Å²) in [4.78, 5) is 12.5. The summed E-state index contributed by atoms with van der Waals surface area (Å²) in [7, 11) is -0.628. The minimum absolute atomic E-state index is 0.134. The molecule has 32 heavy (non-hydrogen) atoms. The number of aromatic nitrogens is 2. The molecule has 1 aromatic heterocycles. The molecule has 7 nitrogen and oxygen atoms in total. The highest BCUT2D eigenvalue weighted by molar-refractivity contribution is 7.89. The van der Waals surface area contributed by atoms with Crippen LogP contribution in [-0.2, 0) is 17.1 Å². The Balaban J connectivity index is 1.86. The zero-order valence-corrected chi connectivity index (χ0v) is 18.3. The Bertz CT molecular complexity index is 1410. The first-order chi connectivity index (χ1) is 15.4. The number of hydrogen-bond acceptors (Lipinski definition) is 5. The summed E-state index contributed by atoms with van der Waals surface area (Å²) in [5.41, 5.74) is 2.20. The van der Waals surface area contributed by atoms with Crippen molar-refractivity contribution in [2.45, 2.75) is 4.90 Å². The highest BCUT2D eigenvalue weighted by atomic mass is 32.2. The lowest BCUT2D eigenvalue weighted by atomic mass is 9.99. The summed E-state index contributed by atoms with van der Waals surface area (Å²) in [5, 5.41) is 4.50. The molecule has 0 saturated carbocycles. The van der Waals surface area contributed by atoms with E-state index in [9.17, 15) is 13.2 Å². The van der Waals surface area contributed by atoms with Gasteiger partial charge < -0.3 is 4.74 Å². The first-order valence-electron chi connectivity index (χ1n) is 9.84. The van der Waals surface area contributed by atoms with E-state index in [0.29, 0.717) is 33.9 Å². The molecule has 0 unspecified atom stereocenters. The van der Waals surface area contributed by atoms with Gasteiger partial charge in [0.15, 0.2) is 0 Å². The van der Waals surface area contributed by atoms with Crippen LogP contribution in [0.15, 0.2) is 94.6 Å². The van der Waals surface area contributed by atoms with Crippen LogP contribution in [0.4, 0.5) is 0 Å². The molecule has 0 spiro atoms. The van der Waals surface area contributed by atoms with Gasteiger partial charge in [-0.25, -0.2) is 17.8 Å². The largest absolute Gasteiger partial charge is 0.457 e. The molecule has 0 amide bonds. The molecule has 1 N–H and O–H groups in total. The van der Waals surface area contributed by atoms with Crippen molar-refractivity contribution in [2.75, 3.05) is 7.05 Å². The summed E-state index contributed by atoms with van der Waals surface area (Å²) in [6.07, 6.45) is 0. The topological polar surface area (TPSA) is 90.3 Å². The predicted molar refractivity (Wildman–Crippen MR) is 123 cm³/mol. The first kappa shape index (κ1) is 21.5. The second-order valence-electron chi connectivity index (χ2n) is 7.01. The standard InChI is InChI=1S/C24H21N3O4S/c1-25-32(29,30)19-14-12-17(13-15-19)21-16-23(28)27(2)26-24(21)20-10-6-7-11-22(20)31-18-8-4-3-5-9-18/h3-16,25H,1-2H3. The lowest BCUT2D eigenvalue weighted by molar-refractivity contribution is 0.484. The zero-order chi connectivity index (χ0) is 22.7. The molecule has 0 aliphatic heterocycles. The molecule has 0 atom stereocenters. The van der Waals surface area contributed by atoms with Crippen molar-refractivity contribution in [3.05, 3.63) is 95.3 Å². The van der Waals surface area contributed by atoms with Gasteiger partial charge in [-0.05, 0) is 49.0 Å². The van der Waals surface area contributed by atoms with E-state index >= 15 is 0 Å². The van der Waals surface area contributed by atoms with Gasteiger partial charge in [0, 0.05) is 24.2 Å². The van der Waals surface area contributed by atoms with Gasteiger partial charge in [0.1, 0.15) is 17.2 Å². The maximum absolute atomic E-state index is 12.4. The minimum Gasteiger partial charge on any atom is -0.457 e. The molecule has 4 aromatic rings. The van der Waals surface area contributed by atoms with E-state index in [4.69, 9.17) is 4.74 Å². The number of aryl methyl sites for hydroxylation is 1.